The van der Waals surface area contributed by atoms with Gasteiger partial charge in [0.2, 0.25) is 0 Å². The fourth-order valence-corrected chi connectivity index (χ4v) is 7.55. The van der Waals surface area contributed by atoms with Crippen LogP contribution in [0.3, 0.4) is 0 Å². The lowest BCUT2D eigenvalue weighted by Gasteiger charge is -2.51. The van der Waals surface area contributed by atoms with Gasteiger partial charge in [-0.2, -0.15) is 0 Å². The highest BCUT2D eigenvalue weighted by Gasteiger charge is 2.57. The molecule has 1 spiro atoms. The van der Waals surface area contributed by atoms with Crippen LogP contribution >= 0.6 is 31.9 Å². The topological polar surface area (TPSA) is 0 Å². The van der Waals surface area contributed by atoms with Gasteiger partial charge in [-0.15, -0.1) is 16.4 Å². The van der Waals surface area contributed by atoms with Crippen LogP contribution in [0, 0.1) is 0 Å². The second-order valence-corrected chi connectivity index (χ2v) is 14.6. The van der Waals surface area contributed by atoms with Gasteiger partial charge >= 0.3 is 0 Å². The first-order chi connectivity index (χ1) is 15.2. The molecule has 3 aromatic rings. The van der Waals surface area contributed by atoms with Crippen molar-refractivity contribution in [2.75, 3.05) is 14.1 Å². The number of rotatable bonds is 0. The maximum atomic E-state index is 3.82. The lowest BCUT2D eigenvalue weighted by molar-refractivity contribution is -0.797. The molecule has 0 fully saturated rings. The van der Waals surface area contributed by atoms with Crippen molar-refractivity contribution in [2.45, 2.75) is 58.9 Å². The van der Waals surface area contributed by atoms with E-state index in [4.69, 9.17) is 0 Å². The fraction of sp³-hybridized carbons (Fsp3) is 0.379. The van der Waals surface area contributed by atoms with Gasteiger partial charge in [0.15, 0.2) is 0 Å². The Morgan fingerprint density at radius 3 is 1.70 bits per heavy atom. The summed E-state index contributed by atoms with van der Waals surface area (Å²) < 4.78 is 3.26. The Hall–Kier alpha value is -1.36. The van der Waals surface area contributed by atoms with Crippen LogP contribution in [0.1, 0.15) is 58.2 Å². The third kappa shape index (κ3) is 3.20. The minimum atomic E-state index is -1.21. The molecule has 2 aliphatic rings. The zero-order valence-corrected chi connectivity index (χ0v) is 24.3. The molecule has 0 amide bonds. The number of hydrogen-bond donors (Lipinski definition) is 0. The van der Waals surface area contributed by atoms with Crippen LogP contribution in [-0.4, -0.2) is 24.8 Å². The molecule has 0 radical (unpaired) electrons. The van der Waals surface area contributed by atoms with Gasteiger partial charge in [-0.05, 0) is 45.2 Å². The Labute approximate surface area is 216 Å². The van der Waals surface area contributed by atoms with Crippen molar-refractivity contribution in [3.63, 3.8) is 0 Å². The summed E-state index contributed by atoms with van der Waals surface area (Å²) in [7, 11) is 4.90. The largest absolute Gasteiger partial charge is 0.505 e. The van der Waals surface area contributed by atoms with Crippen LogP contribution < -0.4 is 16.4 Å². The van der Waals surface area contributed by atoms with Gasteiger partial charge in [0.1, 0.15) is 0 Å². The van der Waals surface area contributed by atoms with E-state index in [2.05, 4.69) is 136 Å². The SMILES string of the molecule is CC(C)(C)c1cc2c(c(C(C)(C)C)c1)[B-]1(c3cc(Br)ccc3-c3ccc(Br)cc31)[N+](C)(C)C2. The summed E-state index contributed by atoms with van der Waals surface area (Å²) >= 11 is 7.64. The van der Waals surface area contributed by atoms with Crippen LogP contribution in [0.15, 0.2) is 57.5 Å². The van der Waals surface area contributed by atoms with Gasteiger partial charge in [0.25, 0.3) is 6.28 Å². The number of hydrogen-bond acceptors (Lipinski definition) is 0. The number of benzene rings is 3. The third-order valence-corrected chi connectivity index (χ3v) is 9.19. The Morgan fingerprint density at radius 2 is 1.24 bits per heavy atom. The maximum Gasteiger partial charge on any atom is 0.292 e. The number of fused-ring (bicyclic) bond motifs is 7. The number of quaternary nitrogens is 1. The van der Waals surface area contributed by atoms with Crippen LogP contribution in [-0.2, 0) is 17.4 Å². The van der Waals surface area contributed by atoms with Gasteiger partial charge in [-0.3, -0.25) is 0 Å². The van der Waals surface area contributed by atoms with Crippen molar-refractivity contribution < 1.29 is 4.39 Å². The molecule has 5 rings (SSSR count). The van der Waals surface area contributed by atoms with Crippen molar-refractivity contribution in [2.24, 2.45) is 0 Å². The van der Waals surface area contributed by atoms with E-state index in [0.717, 1.165) is 19.9 Å². The van der Waals surface area contributed by atoms with Crippen molar-refractivity contribution in [3.05, 3.63) is 74.2 Å². The van der Waals surface area contributed by atoms with E-state index < -0.39 is 6.28 Å². The molecule has 1 nitrogen and oxygen atoms in total. The summed E-state index contributed by atoms with van der Waals surface area (Å²) in [6.45, 7) is 15.2. The normalized spacial score (nSPS) is 17.8. The zero-order chi connectivity index (χ0) is 24.1. The van der Waals surface area contributed by atoms with Crippen LogP contribution in [0.25, 0.3) is 11.1 Å². The number of nitrogens with zero attached hydrogens (tertiary/aromatic N) is 1. The molecule has 0 aromatic heterocycles. The molecular formula is C29H34BBr2N. The fourth-order valence-electron chi connectivity index (χ4n) is 6.80. The van der Waals surface area contributed by atoms with Crippen molar-refractivity contribution in [3.8, 4) is 11.1 Å². The van der Waals surface area contributed by atoms with Gasteiger partial charge in [0.05, 0.1) is 6.54 Å². The third-order valence-electron chi connectivity index (χ3n) is 8.20. The predicted molar refractivity (Wildman–Crippen MR) is 152 cm³/mol. The molecule has 0 atom stereocenters. The second-order valence-electron chi connectivity index (χ2n) is 12.8. The molecule has 2 heterocycles. The molecule has 0 unspecified atom stereocenters. The number of halogens is 2. The van der Waals surface area contributed by atoms with Crippen LogP contribution in [0.5, 0.6) is 0 Å². The van der Waals surface area contributed by atoms with Gasteiger partial charge in [-0.1, -0.05) is 115 Å². The summed E-state index contributed by atoms with van der Waals surface area (Å²) in [6.07, 6.45) is -1.21. The molecule has 33 heavy (non-hydrogen) atoms. The molecule has 3 aromatic carbocycles. The quantitative estimate of drug-likeness (QED) is 0.278. The molecule has 0 aliphatic carbocycles. The van der Waals surface area contributed by atoms with Gasteiger partial charge in [0, 0.05) is 23.0 Å². The average molecular weight is 567 g/mol. The second kappa shape index (κ2) is 7.09. The first-order valence-corrected chi connectivity index (χ1v) is 13.5. The van der Waals surface area contributed by atoms with Crippen molar-refractivity contribution >= 4 is 54.5 Å². The summed E-state index contributed by atoms with van der Waals surface area (Å²) in [5.41, 5.74) is 12.0. The minimum absolute atomic E-state index is 0.0470. The van der Waals surface area contributed by atoms with E-state index in [-0.39, 0.29) is 10.8 Å². The first-order valence-electron chi connectivity index (χ1n) is 11.9. The highest BCUT2D eigenvalue weighted by atomic mass is 79.9. The van der Waals surface area contributed by atoms with E-state index in [0.29, 0.717) is 0 Å². The van der Waals surface area contributed by atoms with E-state index in [9.17, 15) is 0 Å². The smallest absolute Gasteiger partial charge is 0.292 e. The lowest BCUT2D eigenvalue weighted by atomic mass is 9.24. The molecule has 4 heteroatoms. The van der Waals surface area contributed by atoms with Crippen molar-refractivity contribution in [1.29, 1.82) is 0 Å². The molecule has 0 saturated heterocycles. The van der Waals surface area contributed by atoms with E-state index in [1.165, 1.54) is 38.7 Å². The van der Waals surface area contributed by atoms with E-state index >= 15 is 0 Å². The van der Waals surface area contributed by atoms with E-state index in [1.807, 2.05) is 0 Å². The average Bonchev–Trinajstić information content (AvgIpc) is 3.09. The Balaban J connectivity index is 2.00. The molecule has 2 aliphatic heterocycles. The lowest BCUT2D eigenvalue weighted by Crippen LogP contribution is -2.78. The molecule has 172 valence electrons. The summed E-state index contributed by atoms with van der Waals surface area (Å²) in [5.74, 6) is 0. The highest BCUT2D eigenvalue weighted by Crippen LogP contribution is 2.42. The standard InChI is InChI=1S/C29H34BBr2N/c1-28(2,3)19-13-18-17-33(7,8)30(27(18)24(14-19)29(4,5)6)25-15-20(31)9-11-22(25)23-12-10-21(32)16-26(23)30/h9-16H,17H2,1-8H3. The van der Waals surface area contributed by atoms with Crippen molar-refractivity contribution in [1.82, 2.24) is 0 Å². The summed E-state index contributed by atoms with van der Waals surface area (Å²) in [5, 5.41) is 0. The van der Waals surface area contributed by atoms with E-state index in [1.54, 1.807) is 5.46 Å². The molecule has 0 bridgehead atoms. The molecule has 0 N–H and O–H groups in total. The highest BCUT2D eigenvalue weighted by molar-refractivity contribution is 9.10. The maximum absolute atomic E-state index is 3.82. The Morgan fingerprint density at radius 1 is 0.727 bits per heavy atom. The molecule has 0 saturated carbocycles. The van der Waals surface area contributed by atoms with Crippen LogP contribution in [0.2, 0.25) is 0 Å². The van der Waals surface area contributed by atoms with Gasteiger partial charge in [-0.25, -0.2) is 0 Å². The van der Waals surface area contributed by atoms with Gasteiger partial charge < -0.3 is 4.39 Å². The molecular weight excluding hydrogens is 533 g/mol. The summed E-state index contributed by atoms with van der Waals surface area (Å²) in [4.78, 5) is 0. The monoisotopic (exact) mass is 565 g/mol. The Kier molecular flexibility index (Phi) is 5.02. The minimum Gasteiger partial charge on any atom is -0.505 e. The predicted octanol–water partition coefficient (Wildman–Crippen LogP) is 6.34. The Bertz CT molecular complexity index is 1260. The zero-order valence-electron chi connectivity index (χ0n) is 21.1. The van der Waals surface area contributed by atoms with Crippen LogP contribution in [0.4, 0.5) is 0 Å². The summed E-state index contributed by atoms with van der Waals surface area (Å²) in [6, 6.07) is 18.9. The first kappa shape index (κ1) is 23.4.